The van der Waals surface area contributed by atoms with Crippen LogP contribution in [-0.2, 0) is 10.1 Å². The van der Waals surface area contributed by atoms with E-state index < -0.39 is 22.1 Å². The molecule has 0 bridgehead atoms. The van der Waals surface area contributed by atoms with Crippen molar-refractivity contribution in [1.82, 2.24) is 4.98 Å². The highest BCUT2D eigenvalue weighted by atomic mass is 32.3. The first-order valence-corrected chi connectivity index (χ1v) is 11.2. The Balaban J connectivity index is 2.04. The number of rotatable bonds is 3. The topological polar surface area (TPSA) is 138 Å². The predicted molar refractivity (Wildman–Crippen MR) is 111 cm³/mol. The van der Waals surface area contributed by atoms with Gasteiger partial charge >= 0.3 is 6.09 Å². The number of carboxylic acid groups (broad SMARTS) is 1. The number of thiol groups is 1. The molecule has 0 aliphatic heterocycles. The number of thiophene rings is 1. The molecule has 2 amide bonds. The van der Waals surface area contributed by atoms with Gasteiger partial charge in [0.2, 0.25) is 0 Å². The smallest absolute Gasteiger partial charge is 0.409 e. The molecule has 0 radical (unpaired) electrons. The second kappa shape index (κ2) is 7.06. The number of hydrogen-bond donors (Lipinski definition) is 5. The number of pyridine rings is 1. The van der Waals surface area contributed by atoms with Crippen molar-refractivity contribution < 1.29 is 19.2 Å². The lowest BCUT2D eigenvalue weighted by molar-refractivity contribution is 0.100. The van der Waals surface area contributed by atoms with Crippen LogP contribution in [0.2, 0.25) is 0 Å². The van der Waals surface area contributed by atoms with Crippen LogP contribution in [0.3, 0.4) is 0 Å². The van der Waals surface area contributed by atoms with Crippen molar-refractivity contribution in [2.75, 3.05) is 23.6 Å². The Morgan fingerprint density at radius 1 is 1.26 bits per heavy atom. The first kappa shape index (κ1) is 19.0. The van der Waals surface area contributed by atoms with Crippen LogP contribution in [0, 0.1) is 0 Å². The molecule has 0 atom stereocenters. The van der Waals surface area contributed by atoms with Crippen LogP contribution in [0.1, 0.15) is 10.4 Å². The monoisotopic (exact) mass is 406 g/mol. The summed E-state index contributed by atoms with van der Waals surface area (Å²) >= 11 is 1.45. The van der Waals surface area contributed by atoms with Crippen molar-refractivity contribution in [1.29, 1.82) is 0 Å². The first-order chi connectivity index (χ1) is 12.6. The molecule has 10 heteroatoms. The maximum atomic E-state index is 12.2. The average molecular weight is 406 g/mol. The summed E-state index contributed by atoms with van der Waals surface area (Å²) in [5.41, 5.74) is 7.27. The van der Waals surface area contributed by atoms with Crippen LogP contribution >= 0.6 is 11.3 Å². The largest absolute Gasteiger partial charge is 0.465 e. The fourth-order valence-corrected chi connectivity index (χ4v) is 4.08. The van der Waals surface area contributed by atoms with Gasteiger partial charge in [0.1, 0.15) is 5.82 Å². The van der Waals surface area contributed by atoms with Crippen molar-refractivity contribution in [2.24, 2.45) is 4.36 Å². The summed E-state index contributed by atoms with van der Waals surface area (Å²) in [6.45, 7) is 0. The van der Waals surface area contributed by atoms with Gasteiger partial charge in [-0.3, -0.25) is 10.1 Å². The van der Waals surface area contributed by atoms with E-state index >= 15 is 0 Å². The summed E-state index contributed by atoms with van der Waals surface area (Å²) in [5, 5.41) is 12.0. The van der Waals surface area contributed by atoms with Gasteiger partial charge in [-0.25, -0.2) is 9.78 Å². The molecule has 0 aliphatic rings. The standard InChI is InChI=1S/C17H18N4O4S2/c1-27(2,25)21-16(22)10-6-12(15(18)19-8-10)14-7-9-5-11(20-17(23)24)3-4-13(9)26-14/h3-8,20,27H,1-2H3,(H2,18,19)(H,23,24)(H,21,22,25). The zero-order chi connectivity index (χ0) is 19.8. The van der Waals surface area contributed by atoms with Crippen molar-refractivity contribution in [3.63, 3.8) is 0 Å². The molecule has 0 saturated heterocycles. The molecule has 2 heterocycles. The van der Waals surface area contributed by atoms with E-state index in [1.807, 2.05) is 12.1 Å². The van der Waals surface area contributed by atoms with Gasteiger partial charge in [0.15, 0.2) is 0 Å². The third kappa shape index (κ3) is 4.48. The molecule has 5 N–H and O–H groups in total. The molecule has 142 valence electrons. The van der Waals surface area contributed by atoms with E-state index in [1.165, 1.54) is 30.0 Å². The van der Waals surface area contributed by atoms with Crippen molar-refractivity contribution >= 4 is 55.0 Å². The minimum atomic E-state index is -2.61. The van der Waals surface area contributed by atoms with Gasteiger partial charge in [-0.05, 0) is 48.2 Å². The summed E-state index contributed by atoms with van der Waals surface area (Å²) in [6.07, 6.45) is 3.24. The maximum absolute atomic E-state index is 12.2. The number of benzene rings is 1. The number of aromatic nitrogens is 1. The van der Waals surface area contributed by atoms with E-state index in [0.29, 0.717) is 11.3 Å². The van der Waals surface area contributed by atoms with Crippen LogP contribution in [0.15, 0.2) is 40.9 Å². The van der Waals surface area contributed by atoms with Crippen molar-refractivity contribution in [3.05, 3.63) is 42.1 Å². The summed E-state index contributed by atoms with van der Waals surface area (Å²) < 4.78 is 14.6. The zero-order valence-electron chi connectivity index (χ0n) is 14.5. The van der Waals surface area contributed by atoms with Gasteiger partial charge in [-0.15, -0.1) is 21.4 Å². The Morgan fingerprint density at radius 3 is 2.67 bits per heavy atom. The molecule has 0 fully saturated rings. The number of fused-ring (bicyclic) bond motifs is 1. The normalized spacial score (nSPS) is 12.0. The van der Waals surface area contributed by atoms with Gasteiger partial charge < -0.3 is 15.4 Å². The maximum Gasteiger partial charge on any atom is 0.409 e. The quantitative estimate of drug-likeness (QED) is 0.422. The Morgan fingerprint density at radius 2 is 2.00 bits per heavy atom. The van der Waals surface area contributed by atoms with Crippen molar-refractivity contribution in [2.45, 2.75) is 0 Å². The van der Waals surface area contributed by atoms with Crippen molar-refractivity contribution in [3.8, 4) is 10.4 Å². The highest BCUT2D eigenvalue weighted by molar-refractivity contribution is 7.98. The molecule has 3 rings (SSSR count). The molecule has 0 aliphatic carbocycles. The molecule has 27 heavy (non-hydrogen) atoms. The molecule has 0 spiro atoms. The average Bonchev–Trinajstić information content (AvgIpc) is 2.96. The number of carbonyl (C=O) groups excluding carboxylic acids is 1. The molecular formula is C17H18N4O4S2. The molecule has 3 aromatic rings. The van der Waals surface area contributed by atoms with Gasteiger partial charge in [0.25, 0.3) is 5.91 Å². The Bertz CT molecular complexity index is 1110. The predicted octanol–water partition coefficient (Wildman–Crippen LogP) is 3.58. The number of nitrogen functional groups attached to an aromatic ring is 1. The van der Waals surface area contributed by atoms with Gasteiger partial charge in [0, 0.05) is 27.0 Å². The molecule has 0 saturated carbocycles. The summed E-state index contributed by atoms with van der Waals surface area (Å²) in [6, 6.07) is 8.65. The number of hydrogen-bond acceptors (Lipinski definition) is 5. The van der Waals surface area contributed by atoms with Crippen LogP contribution in [0.4, 0.5) is 16.3 Å². The molecule has 8 nitrogen and oxygen atoms in total. The Hall–Kier alpha value is -2.82. The zero-order valence-corrected chi connectivity index (χ0v) is 16.2. The second-order valence-electron chi connectivity index (χ2n) is 6.19. The van der Waals surface area contributed by atoms with E-state index in [2.05, 4.69) is 14.7 Å². The fourth-order valence-electron chi connectivity index (χ4n) is 2.45. The number of nitrogens with two attached hydrogens (primary N) is 1. The highest BCUT2D eigenvalue weighted by Crippen LogP contribution is 2.37. The summed E-state index contributed by atoms with van der Waals surface area (Å²) in [5.74, 6) is -0.279. The lowest BCUT2D eigenvalue weighted by Crippen LogP contribution is -2.08. The third-order valence-electron chi connectivity index (χ3n) is 3.53. The minimum Gasteiger partial charge on any atom is -0.465 e. The second-order valence-corrected chi connectivity index (χ2v) is 10.1. The molecule has 1 aromatic carbocycles. The van der Waals surface area contributed by atoms with Crippen LogP contribution in [-0.4, -0.2) is 39.2 Å². The number of anilines is 2. The van der Waals surface area contributed by atoms with E-state index in [-0.39, 0.29) is 11.4 Å². The van der Waals surface area contributed by atoms with Gasteiger partial charge in [-0.2, -0.15) is 4.36 Å². The van der Waals surface area contributed by atoms with Gasteiger partial charge in [-0.1, -0.05) is 0 Å². The summed E-state index contributed by atoms with van der Waals surface area (Å²) in [4.78, 5) is 27.9. The molecule has 2 aromatic heterocycles. The van der Waals surface area contributed by atoms with Crippen LogP contribution < -0.4 is 11.1 Å². The molecule has 0 unspecified atom stereocenters. The first-order valence-electron chi connectivity index (χ1n) is 7.76. The number of nitrogens with zero attached hydrogens (tertiary/aromatic N) is 2. The van der Waals surface area contributed by atoms with Crippen LogP contribution in [0.25, 0.3) is 20.5 Å². The van der Waals surface area contributed by atoms with Gasteiger partial charge in [0.05, 0.1) is 5.56 Å². The van der Waals surface area contributed by atoms with E-state index in [0.717, 1.165) is 15.0 Å². The lowest BCUT2D eigenvalue weighted by atomic mass is 10.1. The minimum absolute atomic E-state index is 0.243. The number of amides is 2. The van der Waals surface area contributed by atoms with E-state index in [1.54, 1.807) is 18.2 Å². The van der Waals surface area contributed by atoms with E-state index in [9.17, 15) is 14.1 Å². The lowest BCUT2D eigenvalue weighted by Gasteiger charge is -2.10. The highest BCUT2D eigenvalue weighted by Gasteiger charge is 2.14. The third-order valence-corrected chi connectivity index (χ3v) is 5.35. The SMILES string of the molecule is C[SH](C)(O)=NC(=O)c1cnc(N)c(-c2cc3cc(NC(=O)O)ccc3s2)c1. The van der Waals surface area contributed by atoms with Crippen LogP contribution in [0.5, 0.6) is 0 Å². The number of nitrogens with one attached hydrogen (secondary N) is 1. The Labute approximate surface area is 159 Å². The van der Waals surface area contributed by atoms with E-state index in [4.69, 9.17) is 10.8 Å². The molecular weight excluding hydrogens is 388 g/mol. The fraction of sp³-hybridized carbons (Fsp3) is 0.118. The Kier molecular flexibility index (Phi) is 4.96. The summed E-state index contributed by atoms with van der Waals surface area (Å²) in [7, 11) is -2.61. The number of carbonyl (C=O) groups is 2.